The fraction of sp³-hybridized carbons (Fsp3) is 0.615. The molecule has 1 aromatic heterocycles. The van der Waals surface area contributed by atoms with Crippen LogP contribution in [0.2, 0.25) is 5.02 Å². The van der Waals surface area contributed by atoms with Gasteiger partial charge in [-0.1, -0.05) is 11.6 Å². The van der Waals surface area contributed by atoms with Gasteiger partial charge in [0.15, 0.2) is 0 Å². The van der Waals surface area contributed by atoms with Crippen LogP contribution >= 0.6 is 11.6 Å². The van der Waals surface area contributed by atoms with Crippen LogP contribution in [0, 0.1) is 11.8 Å². The zero-order valence-electron chi connectivity index (χ0n) is 9.19. The maximum atomic E-state index is 10.7. The minimum Gasteiger partial charge on any atom is -0.389 e. The standard InChI is InChI=1S/C13H16ClNO/c14-12-8-15-4-3-10(12)7-13(16)6-9-1-2-11(13)5-9/h3-4,8-9,11,16H,1-2,5-7H2. The highest BCUT2D eigenvalue weighted by Crippen LogP contribution is 2.52. The van der Waals surface area contributed by atoms with Gasteiger partial charge in [-0.3, -0.25) is 4.98 Å². The summed E-state index contributed by atoms with van der Waals surface area (Å²) in [5, 5.41) is 11.4. The monoisotopic (exact) mass is 237 g/mol. The zero-order valence-corrected chi connectivity index (χ0v) is 9.95. The van der Waals surface area contributed by atoms with Gasteiger partial charge in [-0.15, -0.1) is 0 Å². The molecular formula is C13H16ClNO. The van der Waals surface area contributed by atoms with Gasteiger partial charge in [0.25, 0.3) is 0 Å². The SMILES string of the molecule is OC1(Cc2ccncc2Cl)CC2CCC1C2. The van der Waals surface area contributed by atoms with E-state index in [1.807, 2.05) is 6.07 Å². The Morgan fingerprint density at radius 2 is 2.38 bits per heavy atom. The number of hydrogen-bond donors (Lipinski definition) is 1. The van der Waals surface area contributed by atoms with Crippen molar-refractivity contribution in [1.82, 2.24) is 4.98 Å². The molecule has 2 aliphatic rings. The minimum absolute atomic E-state index is 0.488. The summed E-state index contributed by atoms with van der Waals surface area (Å²) in [5.41, 5.74) is 0.528. The molecule has 0 radical (unpaired) electrons. The summed E-state index contributed by atoms with van der Waals surface area (Å²) in [6, 6.07) is 1.92. The number of nitrogens with zero attached hydrogens (tertiary/aromatic N) is 1. The first kappa shape index (κ1) is 10.5. The Morgan fingerprint density at radius 1 is 1.50 bits per heavy atom. The third-order valence-corrected chi connectivity index (χ3v) is 4.64. The largest absolute Gasteiger partial charge is 0.389 e. The van der Waals surface area contributed by atoms with Crippen molar-refractivity contribution in [3.05, 3.63) is 29.0 Å². The third-order valence-electron chi connectivity index (χ3n) is 4.30. The van der Waals surface area contributed by atoms with E-state index in [2.05, 4.69) is 4.98 Å². The predicted octanol–water partition coefficient (Wildman–Crippen LogP) is 2.83. The van der Waals surface area contributed by atoms with Gasteiger partial charge in [-0.2, -0.15) is 0 Å². The molecule has 1 heterocycles. The molecule has 86 valence electrons. The Kier molecular flexibility index (Phi) is 2.45. The second-order valence-electron chi connectivity index (χ2n) is 5.33. The second-order valence-corrected chi connectivity index (χ2v) is 5.73. The van der Waals surface area contributed by atoms with E-state index in [0.717, 1.165) is 17.9 Å². The van der Waals surface area contributed by atoms with Crippen molar-refractivity contribution in [2.75, 3.05) is 0 Å². The zero-order chi connectivity index (χ0) is 11.2. The van der Waals surface area contributed by atoms with Gasteiger partial charge in [0, 0.05) is 18.8 Å². The molecule has 0 aromatic carbocycles. The lowest BCUT2D eigenvalue weighted by Crippen LogP contribution is -2.37. The Bertz CT molecular complexity index is 409. The smallest absolute Gasteiger partial charge is 0.0719 e. The molecule has 0 spiro atoms. The van der Waals surface area contributed by atoms with Crippen molar-refractivity contribution in [1.29, 1.82) is 0 Å². The first-order chi connectivity index (χ1) is 7.67. The predicted molar refractivity (Wildman–Crippen MR) is 63.3 cm³/mol. The molecule has 3 heteroatoms. The van der Waals surface area contributed by atoms with Gasteiger partial charge in [0.2, 0.25) is 0 Å². The van der Waals surface area contributed by atoms with Crippen LogP contribution in [-0.4, -0.2) is 15.7 Å². The number of aromatic nitrogens is 1. The highest BCUT2D eigenvalue weighted by atomic mass is 35.5. The van der Waals surface area contributed by atoms with Crippen molar-refractivity contribution in [2.24, 2.45) is 11.8 Å². The first-order valence-electron chi connectivity index (χ1n) is 5.98. The molecule has 3 atom stereocenters. The van der Waals surface area contributed by atoms with Crippen molar-refractivity contribution in [2.45, 2.75) is 37.7 Å². The summed E-state index contributed by atoms with van der Waals surface area (Å²) in [7, 11) is 0. The molecule has 2 bridgehead atoms. The number of hydrogen-bond acceptors (Lipinski definition) is 2. The average molecular weight is 238 g/mol. The van der Waals surface area contributed by atoms with Crippen molar-refractivity contribution < 1.29 is 5.11 Å². The molecule has 1 N–H and O–H groups in total. The number of aliphatic hydroxyl groups is 1. The lowest BCUT2D eigenvalue weighted by Gasteiger charge is -2.32. The molecule has 0 amide bonds. The molecule has 0 saturated heterocycles. The molecule has 3 unspecified atom stereocenters. The molecule has 16 heavy (non-hydrogen) atoms. The number of halogens is 1. The number of rotatable bonds is 2. The van der Waals surface area contributed by atoms with E-state index in [1.54, 1.807) is 12.4 Å². The molecule has 2 saturated carbocycles. The topological polar surface area (TPSA) is 33.1 Å². The summed E-state index contributed by atoms with van der Waals surface area (Å²) < 4.78 is 0. The fourth-order valence-corrected chi connectivity index (χ4v) is 3.69. The molecular weight excluding hydrogens is 222 g/mol. The van der Waals surface area contributed by atoms with E-state index in [0.29, 0.717) is 17.4 Å². The number of pyridine rings is 1. The number of fused-ring (bicyclic) bond motifs is 2. The lowest BCUT2D eigenvalue weighted by molar-refractivity contribution is -0.0125. The van der Waals surface area contributed by atoms with Crippen LogP contribution in [-0.2, 0) is 6.42 Å². The van der Waals surface area contributed by atoms with E-state index < -0.39 is 5.60 Å². The summed E-state index contributed by atoms with van der Waals surface area (Å²) in [6.07, 6.45) is 8.75. The van der Waals surface area contributed by atoms with Gasteiger partial charge in [-0.25, -0.2) is 0 Å². The van der Waals surface area contributed by atoms with Crippen molar-refractivity contribution in [3.63, 3.8) is 0 Å². The molecule has 2 aliphatic carbocycles. The summed E-state index contributed by atoms with van der Waals surface area (Å²) in [5.74, 6) is 1.23. The van der Waals surface area contributed by atoms with Crippen LogP contribution in [0.1, 0.15) is 31.2 Å². The highest BCUT2D eigenvalue weighted by Gasteiger charge is 2.49. The normalized spacial score (nSPS) is 36.9. The third kappa shape index (κ3) is 1.64. The van der Waals surface area contributed by atoms with Gasteiger partial charge in [0.05, 0.1) is 10.6 Å². The van der Waals surface area contributed by atoms with Gasteiger partial charge >= 0.3 is 0 Å². The van der Waals surface area contributed by atoms with E-state index >= 15 is 0 Å². The Hall–Kier alpha value is -0.600. The molecule has 0 aliphatic heterocycles. The van der Waals surface area contributed by atoms with Crippen LogP contribution < -0.4 is 0 Å². The summed E-state index contributed by atoms with van der Waals surface area (Å²) in [4.78, 5) is 3.98. The summed E-state index contributed by atoms with van der Waals surface area (Å²) in [6.45, 7) is 0. The average Bonchev–Trinajstić information content (AvgIpc) is 2.81. The van der Waals surface area contributed by atoms with E-state index in [-0.39, 0.29) is 0 Å². The first-order valence-corrected chi connectivity index (χ1v) is 6.36. The fourth-order valence-electron chi connectivity index (χ4n) is 3.51. The van der Waals surface area contributed by atoms with Crippen LogP contribution in [0.5, 0.6) is 0 Å². The van der Waals surface area contributed by atoms with E-state index in [1.165, 1.54) is 19.3 Å². The van der Waals surface area contributed by atoms with E-state index in [4.69, 9.17) is 11.6 Å². The van der Waals surface area contributed by atoms with Crippen molar-refractivity contribution in [3.8, 4) is 0 Å². The Labute approximate surface area is 101 Å². The minimum atomic E-state index is -0.506. The van der Waals surface area contributed by atoms with Crippen LogP contribution in [0.4, 0.5) is 0 Å². The summed E-state index contributed by atoms with van der Waals surface area (Å²) >= 11 is 6.09. The Balaban J connectivity index is 1.82. The lowest BCUT2D eigenvalue weighted by atomic mass is 9.80. The van der Waals surface area contributed by atoms with E-state index in [9.17, 15) is 5.11 Å². The quantitative estimate of drug-likeness (QED) is 0.858. The van der Waals surface area contributed by atoms with Crippen molar-refractivity contribution >= 4 is 11.6 Å². The molecule has 1 aromatic rings. The second kappa shape index (κ2) is 3.71. The molecule has 3 rings (SSSR count). The van der Waals surface area contributed by atoms with Gasteiger partial charge in [-0.05, 0) is 49.1 Å². The molecule has 2 fully saturated rings. The van der Waals surface area contributed by atoms with Gasteiger partial charge in [0.1, 0.15) is 0 Å². The maximum Gasteiger partial charge on any atom is 0.0719 e. The maximum absolute atomic E-state index is 10.7. The van der Waals surface area contributed by atoms with Crippen LogP contribution in [0.3, 0.4) is 0 Å². The highest BCUT2D eigenvalue weighted by molar-refractivity contribution is 6.31. The Morgan fingerprint density at radius 3 is 3.00 bits per heavy atom. The van der Waals surface area contributed by atoms with Crippen LogP contribution in [0.15, 0.2) is 18.5 Å². The van der Waals surface area contributed by atoms with Crippen LogP contribution in [0.25, 0.3) is 0 Å². The van der Waals surface area contributed by atoms with Gasteiger partial charge < -0.3 is 5.11 Å². The molecule has 2 nitrogen and oxygen atoms in total.